The van der Waals surface area contributed by atoms with Crippen LogP contribution in [0.5, 0.6) is 0 Å². The highest BCUT2D eigenvalue weighted by atomic mass is 32.2. The molecule has 0 bridgehead atoms. The van der Waals surface area contributed by atoms with E-state index < -0.39 is 21.9 Å². The van der Waals surface area contributed by atoms with E-state index in [1.807, 2.05) is 0 Å². The molecular formula is C17H15FN2O4S. The summed E-state index contributed by atoms with van der Waals surface area (Å²) in [6.45, 7) is 0. The maximum Gasteiger partial charge on any atom is 0.307 e. The zero-order valence-corrected chi connectivity index (χ0v) is 13.8. The zero-order chi connectivity index (χ0) is 18.2. The molecule has 1 aliphatic carbocycles. The van der Waals surface area contributed by atoms with Gasteiger partial charge in [-0.05, 0) is 53.3 Å². The first-order valence-electron chi connectivity index (χ1n) is 7.45. The number of benzene rings is 1. The number of hydrogen-bond donors (Lipinski definition) is 2. The number of aliphatic carboxylic acids is 1. The molecule has 0 fully saturated rings. The largest absolute Gasteiger partial charge is 0.481 e. The van der Waals surface area contributed by atoms with Gasteiger partial charge < -0.3 is 5.11 Å². The molecule has 2 aromatic rings. The number of nitrogens with two attached hydrogens (primary N) is 1. The third-order valence-corrected chi connectivity index (χ3v) is 5.01. The molecule has 0 aliphatic heterocycles. The topological polar surface area (TPSA) is 110 Å². The maximum absolute atomic E-state index is 13.2. The van der Waals surface area contributed by atoms with Crippen LogP contribution in [-0.2, 0) is 14.8 Å². The maximum atomic E-state index is 13.2. The Bertz CT molecular complexity index is 951. The van der Waals surface area contributed by atoms with Crippen molar-refractivity contribution in [2.24, 2.45) is 11.1 Å². The van der Waals surface area contributed by atoms with Gasteiger partial charge in [0.1, 0.15) is 5.82 Å². The van der Waals surface area contributed by atoms with Gasteiger partial charge in [0.2, 0.25) is 0 Å². The van der Waals surface area contributed by atoms with E-state index in [9.17, 15) is 22.7 Å². The van der Waals surface area contributed by atoms with Crippen molar-refractivity contribution in [1.82, 2.24) is 4.98 Å². The van der Waals surface area contributed by atoms with Crippen LogP contribution < -0.4 is 5.14 Å². The van der Waals surface area contributed by atoms with E-state index in [-0.39, 0.29) is 10.8 Å². The molecule has 8 heteroatoms. The monoisotopic (exact) mass is 362 g/mol. The third-order valence-electron chi connectivity index (χ3n) is 4.18. The molecule has 1 unspecified atom stereocenters. The first-order chi connectivity index (χ1) is 11.8. The van der Waals surface area contributed by atoms with Crippen LogP contribution in [0.4, 0.5) is 4.39 Å². The quantitative estimate of drug-likeness (QED) is 0.867. The summed E-state index contributed by atoms with van der Waals surface area (Å²) in [7, 11) is -3.90. The zero-order valence-electron chi connectivity index (χ0n) is 13.0. The lowest BCUT2D eigenvalue weighted by atomic mass is 9.98. The van der Waals surface area contributed by atoms with Crippen LogP contribution in [0.15, 0.2) is 47.6 Å². The summed E-state index contributed by atoms with van der Waals surface area (Å²) in [4.78, 5) is 15.2. The predicted octanol–water partition coefficient (Wildman–Crippen LogP) is 2.27. The van der Waals surface area contributed by atoms with Crippen LogP contribution in [0, 0.1) is 11.7 Å². The SMILES string of the molecule is NS(=O)(=O)c1ccc(C2=C(c3ccc(F)cc3)CC(C(=O)O)C2)cn1. The lowest BCUT2D eigenvalue weighted by molar-refractivity contribution is -0.141. The van der Waals surface area contributed by atoms with Gasteiger partial charge in [-0.1, -0.05) is 18.2 Å². The Morgan fingerprint density at radius 1 is 1.08 bits per heavy atom. The lowest BCUT2D eigenvalue weighted by Gasteiger charge is -2.08. The molecule has 0 saturated carbocycles. The Labute approximate surface area is 143 Å². The Morgan fingerprint density at radius 3 is 2.12 bits per heavy atom. The number of pyridine rings is 1. The van der Waals surface area contributed by atoms with E-state index >= 15 is 0 Å². The molecule has 0 radical (unpaired) electrons. The van der Waals surface area contributed by atoms with Crippen LogP contribution >= 0.6 is 0 Å². The first-order valence-corrected chi connectivity index (χ1v) is 9.00. The molecule has 1 aromatic carbocycles. The van der Waals surface area contributed by atoms with Gasteiger partial charge in [-0.15, -0.1) is 0 Å². The van der Waals surface area contributed by atoms with Crippen molar-refractivity contribution in [3.63, 3.8) is 0 Å². The Balaban J connectivity index is 2.06. The van der Waals surface area contributed by atoms with Crippen molar-refractivity contribution >= 4 is 27.1 Å². The number of nitrogens with zero attached hydrogens (tertiary/aromatic N) is 1. The number of carboxylic acid groups (broad SMARTS) is 1. The summed E-state index contributed by atoms with van der Waals surface area (Å²) >= 11 is 0. The van der Waals surface area contributed by atoms with Gasteiger partial charge in [0.05, 0.1) is 5.92 Å². The van der Waals surface area contributed by atoms with E-state index in [2.05, 4.69) is 4.98 Å². The predicted molar refractivity (Wildman–Crippen MR) is 89.2 cm³/mol. The van der Waals surface area contributed by atoms with Gasteiger partial charge in [0, 0.05) is 6.20 Å². The summed E-state index contributed by atoms with van der Waals surface area (Å²) < 4.78 is 35.8. The summed E-state index contributed by atoms with van der Waals surface area (Å²) in [6, 6.07) is 8.67. The third kappa shape index (κ3) is 3.59. The van der Waals surface area contributed by atoms with Gasteiger partial charge in [-0.25, -0.2) is 22.9 Å². The van der Waals surface area contributed by atoms with Gasteiger partial charge in [0.25, 0.3) is 10.0 Å². The van der Waals surface area contributed by atoms with Crippen LogP contribution in [0.2, 0.25) is 0 Å². The lowest BCUT2D eigenvalue weighted by Crippen LogP contribution is -2.13. The van der Waals surface area contributed by atoms with E-state index in [4.69, 9.17) is 5.14 Å². The fourth-order valence-electron chi connectivity index (χ4n) is 2.95. The van der Waals surface area contributed by atoms with E-state index in [0.29, 0.717) is 18.4 Å². The molecule has 130 valence electrons. The number of primary sulfonamides is 1. The number of allylic oxidation sites excluding steroid dienone is 2. The Hall–Kier alpha value is -2.58. The Kier molecular flexibility index (Phi) is 4.40. The minimum absolute atomic E-state index is 0.257. The van der Waals surface area contributed by atoms with Crippen LogP contribution in [0.1, 0.15) is 24.0 Å². The van der Waals surface area contributed by atoms with Crippen LogP contribution in [-0.4, -0.2) is 24.5 Å². The second kappa shape index (κ2) is 6.38. The Morgan fingerprint density at radius 2 is 1.64 bits per heavy atom. The summed E-state index contributed by atoms with van der Waals surface area (Å²) in [5.74, 6) is -1.88. The van der Waals surface area contributed by atoms with Gasteiger partial charge in [-0.2, -0.15) is 0 Å². The molecular weight excluding hydrogens is 347 g/mol. The molecule has 0 amide bonds. The molecule has 0 spiro atoms. The summed E-state index contributed by atoms with van der Waals surface area (Å²) in [5.41, 5.74) is 2.90. The number of carboxylic acids is 1. The van der Waals surface area contributed by atoms with E-state index in [1.54, 1.807) is 18.2 Å². The van der Waals surface area contributed by atoms with Gasteiger partial charge in [-0.3, -0.25) is 4.79 Å². The summed E-state index contributed by atoms with van der Waals surface area (Å²) in [5, 5.41) is 14.1. The van der Waals surface area contributed by atoms with Crippen LogP contribution in [0.3, 0.4) is 0 Å². The van der Waals surface area contributed by atoms with Gasteiger partial charge in [0.15, 0.2) is 5.03 Å². The standard InChI is InChI=1S/C17H15FN2O4S/c18-13-4-1-10(2-5-13)14-7-12(17(21)22)8-15(14)11-3-6-16(20-9-11)25(19,23)24/h1-6,9,12H,7-8H2,(H,21,22)(H2,19,23,24). The number of carbonyl (C=O) groups is 1. The fraction of sp³-hybridized carbons (Fsp3) is 0.176. The molecule has 1 atom stereocenters. The van der Waals surface area contributed by atoms with Crippen LogP contribution in [0.25, 0.3) is 11.1 Å². The first kappa shape index (κ1) is 17.2. The van der Waals surface area contributed by atoms with Gasteiger partial charge >= 0.3 is 5.97 Å². The average Bonchev–Trinajstić information content (AvgIpc) is 3.00. The molecule has 1 aromatic heterocycles. The normalized spacial score (nSPS) is 17.8. The molecule has 0 saturated heterocycles. The van der Waals surface area contributed by atoms with Crippen molar-refractivity contribution in [3.8, 4) is 0 Å². The average molecular weight is 362 g/mol. The molecule has 1 heterocycles. The number of halogens is 1. The molecule has 1 aliphatic rings. The summed E-state index contributed by atoms with van der Waals surface area (Å²) in [6.07, 6.45) is 1.97. The minimum Gasteiger partial charge on any atom is -0.481 e. The van der Waals surface area contributed by atoms with E-state index in [0.717, 1.165) is 16.7 Å². The van der Waals surface area contributed by atoms with Crippen molar-refractivity contribution in [3.05, 3.63) is 59.5 Å². The molecule has 3 N–H and O–H groups in total. The van der Waals surface area contributed by atoms with Crippen molar-refractivity contribution in [1.29, 1.82) is 0 Å². The smallest absolute Gasteiger partial charge is 0.307 e. The highest BCUT2D eigenvalue weighted by Gasteiger charge is 2.31. The van der Waals surface area contributed by atoms with Crippen molar-refractivity contribution < 1.29 is 22.7 Å². The highest BCUT2D eigenvalue weighted by Crippen LogP contribution is 2.43. The van der Waals surface area contributed by atoms with Crippen molar-refractivity contribution in [2.75, 3.05) is 0 Å². The number of rotatable bonds is 4. The van der Waals surface area contributed by atoms with E-state index in [1.165, 1.54) is 24.4 Å². The second-order valence-electron chi connectivity index (χ2n) is 5.84. The highest BCUT2D eigenvalue weighted by molar-refractivity contribution is 7.89. The second-order valence-corrected chi connectivity index (χ2v) is 7.35. The molecule has 3 rings (SSSR count). The fourth-order valence-corrected chi connectivity index (χ4v) is 3.41. The minimum atomic E-state index is -3.90. The molecule has 25 heavy (non-hydrogen) atoms. The molecule has 6 nitrogen and oxygen atoms in total. The number of hydrogen-bond acceptors (Lipinski definition) is 4. The number of sulfonamides is 1. The van der Waals surface area contributed by atoms with Crippen molar-refractivity contribution in [2.45, 2.75) is 17.9 Å². The number of aromatic nitrogens is 1.